The van der Waals surface area contributed by atoms with E-state index in [1.165, 1.54) is 6.92 Å². The first kappa shape index (κ1) is 16.4. The molecule has 1 amide bonds. The highest BCUT2D eigenvalue weighted by atomic mass is 16.5. The topological polar surface area (TPSA) is 84.1 Å². The Morgan fingerprint density at radius 2 is 1.84 bits per heavy atom. The number of nitrogens with zero attached hydrogens (tertiary/aromatic N) is 1. The van der Waals surface area contributed by atoms with Crippen LogP contribution in [0, 0.1) is 0 Å². The van der Waals surface area contributed by atoms with Crippen molar-refractivity contribution in [3.8, 4) is 17.0 Å². The van der Waals surface area contributed by atoms with Crippen LogP contribution in [0.5, 0.6) is 5.75 Å². The van der Waals surface area contributed by atoms with E-state index < -0.39 is 0 Å². The summed E-state index contributed by atoms with van der Waals surface area (Å²) >= 11 is 0. The molecular formula is C19H17N3O3. The third-order valence-corrected chi connectivity index (χ3v) is 3.74. The maximum Gasteiger partial charge on any atom is 0.273 e. The number of aromatic nitrogens is 2. The van der Waals surface area contributed by atoms with Crippen LogP contribution < -0.4 is 10.1 Å². The normalized spacial score (nSPS) is 10.3. The number of ether oxygens (including phenoxy) is 1. The molecule has 0 aliphatic heterocycles. The fraction of sp³-hybridized carbons (Fsp3) is 0.105. The van der Waals surface area contributed by atoms with Crippen molar-refractivity contribution >= 4 is 17.4 Å². The van der Waals surface area contributed by atoms with Crippen molar-refractivity contribution in [1.29, 1.82) is 0 Å². The summed E-state index contributed by atoms with van der Waals surface area (Å²) in [6.45, 7) is 1.50. The van der Waals surface area contributed by atoms with Crippen LogP contribution in [0.2, 0.25) is 0 Å². The molecule has 0 saturated heterocycles. The van der Waals surface area contributed by atoms with Crippen molar-refractivity contribution in [2.24, 2.45) is 0 Å². The number of anilines is 1. The number of hydrogen-bond donors (Lipinski definition) is 2. The predicted octanol–water partition coefficient (Wildman–Crippen LogP) is 3.54. The van der Waals surface area contributed by atoms with Gasteiger partial charge in [0.2, 0.25) is 0 Å². The fourth-order valence-electron chi connectivity index (χ4n) is 2.36. The van der Waals surface area contributed by atoms with E-state index in [1.807, 2.05) is 24.3 Å². The predicted molar refractivity (Wildman–Crippen MR) is 95.0 cm³/mol. The van der Waals surface area contributed by atoms with E-state index in [0.29, 0.717) is 22.6 Å². The van der Waals surface area contributed by atoms with Gasteiger partial charge in [-0.05, 0) is 49.4 Å². The van der Waals surface area contributed by atoms with Crippen LogP contribution in [0.25, 0.3) is 11.3 Å². The van der Waals surface area contributed by atoms with E-state index >= 15 is 0 Å². The number of carbonyl (C=O) groups excluding carboxylic acids is 2. The van der Waals surface area contributed by atoms with Crippen molar-refractivity contribution in [1.82, 2.24) is 10.2 Å². The van der Waals surface area contributed by atoms with E-state index in [9.17, 15) is 9.59 Å². The van der Waals surface area contributed by atoms with E-state index in [4.69, 9.17) is 4.74 Å². The quantitative estimate of drug-likeness (QED) is 0.699. The maximum absolute atomic E-state index is 12.3. The Morgan fingerprint density at radius 3 is 2.52 bits per heavy atom. The van der Waals surface area contributed by atoms with Gasteiger partial charge in [-0.2, -0.15) is 5.10 Å². The number of rotatable bonds is 5. The van der Waals surface area contributed by atoms with Gasteiger partial charge >= 0.3 is 0 Å². The Kier molecular flexibility index (Phi) is 4.61. The van der Waals surface area contributed by atoms with E-state index in [2.05, 4.69) is 15.5 Å². The molecule has 0 bridgehead atoms. The number of H-pyrrole nitrogens is 1. The number of amides is 1. The Morgan fingerprint density at radius 1 is 1.08 bits per heavy atom. The number of aromatic amines is 1. The largest absolute Gasteiger partial charge is 0.497 e. The highest BCUT2D eigenvalue weighted by Gasteiger charge is 2.12. The lowest BCUT2D eigenvalue weighted by atomic mass is 10.1. The third-order valence-electron chi connectivity index (χ3n) is 3.74. The summed E-state index contributed by atoms with van der Waals surface area (Å²) in [5.41, 5.74) is 3.04. The second-order valence-electron chi connectivity index (χ2n) is 5.49. The number of ketones is 1. The molecule has 0 unspecified atom stereocenters. The summed E-state index contributed by atoms with van der Waals surface area (Å²) in [4.78, 5) is 23.6. The average Bonchev–Trinajstić information content (AvgIpc) is 3.12. The fourth-order valence-corrected chi connectivity index (χ4v) is 2.36. The Bertz CT molecular complexity index is 914. The number of carbonyl (C=O) groups is 2. The van der Waals surface area contributed by atoms with Crippen LogP contribution in [0.1, 0.15) is 27.8 Å². The summed E-state index contributed by atoms with van der Waals surface area (Å²) in [6.07, 6.45) is 0. The summed E-state index contributed by atoms with van der Waals surface area (Å²) < 4.78 is 5.19. The van der Waals surface area contributed by atoms with Gasteiger partial charge in [0.25, 0.3) is 5.91 Å². The van der Waals surface area contributed by atoms with Gasteiger partial charge in [0, 0.05) is 16.8 Å². The lowest BCUT2D eigenvalue weighted by molar-refractivity contribution is 0.101. The Hall–Kier alpha value is -3.41. The molecule has 1 aromatic heterocycles. The number of Topliss-reactive ketones (excluding diaryl/α,β-unsaturated/α-hetero) is 1. The second kappa shape index (κ2) is 7.00. The summed E-state index contributed by atoms with van der Waals surface area (Å²) in [5.74, 6) is 0.392. The van der Waals surface area contributed by atoms with Gasteiger partial charge in [-0.25, -0.2) is 0 Å². The molecule has 1 heterocycles. The van der Waals surface area contributed by atoms with Gasteiger partial charge in [0.1, 0.15) is 11.4 Å². The average molecular weight is 335 g/mol. The minimum atomic E-state index is -0.308. The smallest absolute Gasteiger partial charge is 0.273 e. The number of benzene rings is 2. The first-order valence-electron chi connectivity index (χ1n) is 7.69. The van der Waals surface area contributed by atoms with Crippen molar-refractivity contribution in [3.63, 3.8) is 0 Å². The molecule has 126 valence electrons. The molecule has 0 atom stereocenters. The minimum absolute atomic E-state index is 0.0191. The van der Waals surface area contributed by atoms with Crippen molar-refractivity contribution in [2.45, 2.75) is 6.92 Å². The summed E-state index contributed by atoms with van der Waals surface area (Å²) in [7, 11) is 1.60. The molecule has 0 aliphatic rings. The highest BCUT2D eigenvalue weighted by Crippen LogP contribution is 2.23. The molecule has 0 aliphatic carbocycles. The van der Waals surface area contributed by atoms with Gasteiger partial charge in [-0.15, -0.1) is 0 Å². The molecule has 3 rings (SSSR count). The molecule has 0 spiro atoms. The zero-order valence-corrected chi connectivity index (χ0v) is 13.9. The zero-order valence-electron chi connectivity index (χ0n) is 13.9. The Labute approximate surface area is 144 Å². The molecular weight excluding hydrogens is 318 g/mol. The SMILES string of the molecule is COc1cccc(-c2cc(C(=O)Nc3ccc(C(C)=O)cc3)[nH]n2)c1. The molecule has 2 N–H and O–H groups in total. The van der Waals surface area contributed by atoms with Crippen LogP contribution in [-0.2, 0) is 0 Å². The highest BCUT2D eigenvalue weighted by molar-refractivity contribution is 6.03. The Balaban J connectivity index is 1.75. The first-order valence-corrected chi connectivity index (χ1v) is 7.69. The lowest BCUT2D eigenvalue weighted by Gasteiger charge is -2.04. The first-order chi connectivity index (χ1) is 12.1. The second-order valence-corrected chi connectivity index (χ2v) is 5.49. The van der Waals surface area contributed by atoms with Crippen LogP contribution in [0.4, 0.5) is 5.69 Å². The van der Waals surface area contributed by atoms with Crippen LogP contribution in [-0.4, -0.2) is 29.0 Å². The molecule has 0 saturated carbocycles. The number of nitrogens with one attached hydrogen (secondary N) is 2. The molecule has 0 radical (unpaired) electrons. The van der Waals surface area contributed by atoms with E-state index in [1.54, 1.807) is 37.4 Å². The molecule has 3 aromatic rings. The van der Waals surface area contributed by atoms with Gasteiger partial charge < -0.3 is 10.1 Å². The molecule has 25 heavy (non-hydrogen) atoms. The lowest BCUT2D eigenvalue weighted by Crippen LogP contribution is -2.12. The van der Waals surface area contributed by atoms with Crippen molar-refractivity contribution in [3.05, 3.63) is 65.9 Å². The molecule has 6 nitrogen and oxygen atoms in total. The monoisotopic (exact) mass is 335 g/mol. The zero-order chi connectivity index (χ0) is 17.8. The summed E-state index contributed by atoms with van der Waals surface area (Å²) in [5, 5.41) is 9.68. The van der Waals surface area contributed by atoms with Gasteiger partial charge in [-0.3, -0.25) is 14.7 Å². The van der Waals surface area contributed by atoms with Crippen LogP contribution >= 0.6 is 0 Å². The van der Waals surface area contributed by atoms with Crippen LogP contribution in [0.3, 0.4) is 0 Å². The van der Waals surface area contributed by atoms with Gasteiger partial charge in [0.05, 0.1) is 12.8 Å². The third kappa shape index (κ3) is 3.74. The number of hydrogen-bond acceptors (Lipinski definition) is 4. The molecule has 0 fully saturated rings. The molecule has 2 aromatic carbocycles. The van der Waals surface area contributed by atoms with E-state index in [-0.39, 0.29) is 11.7 Å². The molecule has 6 heteroatoms. The summed E-state index contributed by atoms with van der Waals surface area (Å²) in [6, 6.07) is 15.8. The minimum Gasteiger partial charge on any atom is -0.497 e. The van der Waals surface area contributed by atoms with Crippen molar-refractivity contribution < 1.29 is 14.3 Å². The maximum atomic E-state index is 12.3. The van der Waals surface area contributed by atoms with E-state index in [0.717, 1.165) is 11.3 Å². The van der Waals surface area contributed by atoms with Gasteiger partial charge in [-0.1, -0.05) is 12.1 Å². The van der Waals surface area contributed by atoms with Crippen LogP contribution in [0.15, 0.2) is 54.6 Å². The number of methoxy groups -OCH3 is 1. The standard InChI is InChI=1S/C19H17N3O3/c1-12(23)13-6-8-15(9-7-13)20-19(24)18-11-17(21-22-18)14-4-3-5-16(10-14)25-2/h3-11H,1-2H3,(H,20,24)(H,21,22). The van der Waals surface area contributed by atoms with Crippen molar-refractivity contribution in [2.75, 3.05) is 12.4 Å². The van der Waals surface area contributed by atoms with Gasteiger partial charge in [0.15, 0.2) is 5.78 Å².